The van der Waals surface area contributed by atoms with Gasteiger partial charge in [0.05, 0.1) is 13.2 Å². The molecule has 0 aromatic carbocycles. The van der Waals surface area contributed by atoms with Crippen LogP contribution in [-0.2, 0) is 9.53 Å². The summed E-state index contributed by atoms with van der Waals surface area (Å²) in [5, 5.41) is 2.73. The fraction of sp³-hybridized carbons (Fsp3) is 0.545. The summed E-state index contributed by atoms with van der Waals surface area (Å²) in [6, 6.07) is 1.78. The van der Waals surface area contributed by atoms with Crippen molar-refractivity contribution in [3.05, 3.63) is 11.8 Å². The molecule has 1 rings (SSSR count). The van der Waals surface area contributed by atoms with Crippen LogP contribution < -0.4 is 16.0 Å². The number of nitrogens with two attached hydrogens (primary N) is 1. The van der Waals surface area contributed by atoms with Gasteiger partial charge in [0.25, 0.3) is 0 Å². The van der Waals surface area contributed by atoms with Crippen LogP contribution in [-0.4, -0.2) is 49.7 Å². The number of anilines is 2. The van der Waals surface area contributed by atoms with Gasteiger partial charge in [0, 0.05) is 32.5 Å². The number of aromatic nitrogens is 2. The van der Waals surface area contributed by atoms with Gasteiger partial charge in [0.15, 0.2) is 0 Å². The smallest absolute Gasteiger partial charge is 0.239 e. The van der Waals surface area contributed by atoms with Crippen molar-refractivity contribution in [2.45, 2.75) is 6.92 Å². The van der Waals surface area contributed by atoms with E-state index in [1.165, 1.54) is 0 Å². The summed E-state index contributed by atoms with van der Waals surface area (Å²) < 4.78 is 4.85. The molecule has 0 saturated carbocycles. The van der Waals surface area contributed by atoms with Gasteiger partial charge in [-0.15, -0.1) is 0 Å². The van der Waals surface area contributed by atoms with Crippen molar-refractivity contribution in [2.24, 2.45) is 0 Å². The molecule has 18 heavy (non-hydrogen) atoms. The Morgan fingerprint density at radius 2 is 2.28 bits per heavy atom. The Labute approximate surface area is 106 Å². The number of ether oxygens (including phenoxy) is 1. The summed E-state index contributed by atoms with van der Waals surface area (Å²) in [5.41, 5.74) is 6.33. The lowest BCUT2D eigenvalue weighted by atomic mass is 10.4. The zero-order valence-corrected chi connectivity index (χ0v) is 10.9. The molecule has 0 bridgehead atoms. The van der Waals surface area contributed by atoms with Crippen LogP contribution >= 0.6 is 0 Å². The number of nitrogen functional groups attached to an aromatic ring is 1. The minimum atomic E-state index is -0.0932. The van der Waals surface area contributed by atoms with E-state index in [4.69, 9.17) is 10.5 Å². The van der Waals surface area contributed by atoms with E-state index in [1.54, 1.807) is 25.1 Å². The molecule has 0 radical (unpaired) electrons. The van der Waals surface area contributed by atoms with Gasteiger partial charge in [-0.25, -0.2) is 4.98 Å². The van der Waals surface area contributed by atoms with Gasteiger partial charge in [-0.2, -0.15) is 4.98 Å². The zero-order valence-electron chi connectivity index (χ0n) is 10.9. The van der Waals surface area contributed by atoms with E-state index in [2.05, 4.69) is 15.3 Å². The number of aryl methyl sites for hydroxylation is 1. The number of hydrogen-bond acceptors (Lipinski definition) is 6. The molecule has 0 aliphatic carbocycles. The molecule has 1 aromatic rings. The maximum Gasteiger partial charge on any atom is 0.239 e. The highest BCUT2D eigenvalue weighted by atomic mass is 16.5. The molecule has 0 spiro atoms. The normalized spacial score (nSPS) is 10.2. The summed E-state index contributed by atoms with van der Waals surface area (Å²) in [5.74, 6) is 0.739. The highest BCUT2D eigenvalue weighted by Gasteiger charge is 2.09. The summed E-state index contributed by atoms with van der Waals surface area (Å²) in [7, 11) is 3.36. The summed E-state index contributed by atoms with van der Waals surface area (Å²) in [4.78, 5) is 21.4. The summed E-state index contributed by atoms with van der Waals surface area (Å²) >= 11 is 0. The van der Waals surface area contributed by atoms with Crippen LogP contribution in [0.2, 0.25) is 0 Å². The largest absolute Gasteiger partial charge is 0.383 e. The lowest BCUT2D eigenvalue weighted by Gasteiger charge is -2.18. The van der Waals surface area contributed by atoms with Gasteiger partial charge in [0.1, 0.15) is 5.82 Å². The van der Waals surface area contributed by atoms with E-state index in [0.717, 1.165) is 5.69 Å². The lowest BCUT2D eigenvalue weighted by molar-refractivity contribution is -0.119. The van der Waals surface area contributed by atoms with Crippen molar-refractivity contribution < 1.29 is 9.53 Å². The first-order valence-electron chi connectivity index (χ1n) is 5.61. The van der Waals surface area contributed by atoms with Crippen LogP contribution in [0.4, 0.5) is 11.8 Å². The highest BCUT2D eigenvalue weighted by Crippen LogP contribution is 2.11. The zero-order chi connectivity index (χ0) is 13.5. The third-order valence-corrected chi connectivity index (χ3v) is 2.26. The molecule has 7 heteroatoms. The first kappa shape index (κ1) is 14.2. The fourth-order valence-electron chi connectivity index (χ4n) is 1.41. The topological polar surface area (TPSA) is 93.4 Å². The van der Waals surface area contributed by atoms with Crippen molar-refractivity contribution >= 4 is 17.7 Å². The SMILES string of the molecule is COCCNC(=O)CN(C)c1cc(C)nc(N)n1. The summed E-state index contributed by atoms with van der Waals surface area (Å²) in [6.07, 6.45) is 0. The number of carbonyl (C=O) groups is 1. The molecule has 1 aromatic heterocycles. The molecule has 0 aliphatic heterocycles. The van der Waals surface area contributed by atoms with Crippen LogP contribution in [0, 0.1) is 6.92 Å². The molecule has 0 saturated heterocycles. The first-order valence-corrected chi connectivity index (χ1v) is 5.61. The van der Waals surface area contributed by atoms with Crippen molar-refractivity contribution in [1.82, 2.24) is 15.3 Å². The molecule has 100 valence electrons. The molecule has 0 atom stereocenters. The second-order valence-electron chi connectivity index (χ2n) is 3.92. The molecule has 1 heterocycles. The second kappa shape index (κ2) is 6.75. The van der Waals surface area contributed by atoms with E-state index >= 15 is 0 Å². The van der Waals surface area contributed by atoms with Crippen LogP contribution in [0.1, 0.15) is 5.69 Å². The van der Waals surface area contributed by atoms with Crippen LogP contribution in [0.25, 0.3) is 0 Å². The number of amides is 1. The lowest BCUT2D eigenvalue weighted by Crippen LogP contribution is -2.37. The number of methoxy groups -OCH3 is 1. The van der Waals surface area contributed by atoms with Crippen molar-refractivity contribution in [3.8, 4) is 0 Å². The average molecular weight is 253 g/mol. The predicted molar refractivity (Wildman–Crippen MR) is 69.3 cm³/mol. The minimum absolute atomic E-state index is 0.0932. The van der Waals surface area contributed by atoms with Gasteiger partial charge in [-0.3, -0.25) is 4.79 Å². The number of hydrogen-bond donors (Lipinski definition) is 2. The Morgan fingerprint density at radius 1 is 1.56 bits per heavy atom. The number of carbonyl (C=O) groups excluding carboxylic acids is 1. The monoisotopic (exact) mass is 253 g/mol. The molecule has 1 amide bonds. The Morgan fingerprint density at radius 3 is 2.89 bits per heavy atom. The third-order valence-electron chi connectivity index (χ3n) is 2.26. The Bertz CT molecular complexity index is 390. The number of nitrogens with one attached hydrogen (secondary N) is 1. The van der Waals surface area contributed by atoms with Crippen LogP contribution in [0.3, 0.4) is 0 Å². The Hall–Kier alpha value is -1.89. The molecule has 7 nitrogen and oxygen atoms in total. The van der Waals surface area contributed by atoms with Crippen molar-refractivity contribution in [2.75, 3.05) is 44.5 Å². The fourth-order valence-corrected chi connectivity index (χ4v) is 1.41. The average Bonchev–Trinajstić information content (AvgIpc) is 2.28. The third kappa shape index (κ3) is 4.54. The quantitative estimate of drug-likeness (QED) is 0.668. The Balaban J connectivity index is 2.53. The van der Waals surface area contributed by atoms with Crippen molar-refractivity contribution in [3.63, 3.8) is 0 Å². The highest BCUT2D eigenvalue weighted by molar-refractivity contribution is 5.80. The maximum absolute atomic E-state index is 11.6. The molecule has 0 unspecified atom stereocenters. The first-order chi connectivity index (χ1) is 8.52. The van der Waals surface area contributed by atoms with Crippen LogP contribution in [0.15, 0.2) is 6.07 Å². The number of nitrogens with zero attached hydrogens (tertiary/aromatic N) is 3. The van der Waals surface area contributed by atoms with Crippen LogP contribution in [0.5, 0.6) is 0 Å². The van der Waals surface area contributed by atoms with E-state index < -0.39 is 0 Å². The second-order valence-corrected chi connectivity index (χ2v) is 3.92. The standard InChI is InChI=1S/C11H19N5O2/c1-8-6-9(15-11(12)14-8)16(2)7-10(17)13-4-5-18-3/h6H,4-5,7H2,1-3H3,(H,13,17)(H2,12,14,15). The number of likely N-dealkylation sites (N-methyl/N-ethyl adjacent to an activating group) is 1. The van der Waals surface area contributed by atoms with Gasteiger partial charge < -0.3 is 20.7 Å². The van der Waals surface area contributed by atoms with E-state index in [9.17, 15) is 4.79 Å². The van der Waals surface area contributed by atoms with Gasteiger partial charge >= 0.3 is 0 Å². The Kier molecular flexibility index (Phi) is 5.31. The number of rotatable bonds is 6. The van der Waals surface area contributed by atoms with E-state index in [-0.39, 0.29) is 18.4 Å². The van der Waals surface area contributed by atoms with Crippen molar-refractivity contribution in [1.29, 1.82) is 0 Å². The van der Waals surface area contributed by atoms with Gasteiger partial charge in [0.2, 0.25) is 11.9 Å². The molecular weight excluding hydrogens is 234 g/mol. The molecule has 3 N–H and O–H groups in total. The summed E-state index contributed by atoms with van der Waals surface area (Å²) in [6.45, 7) is 3.02. The molecular formula is C11H19N5O2. The maximum atomic E-state index is 11.6. The molecule has 0 fully saturated rings. The van der Waals surface area contributed by atoms with Gasteiger partial charge in [-0.05, 0) is 6.92 Å². The predicted octanol–water partition coefficient (Wildman–Crippen LogP) is -0.434. The minimum Gasteiger partial charge on any atom is -0.383 e. The van der Waals surface area contributed by atoms with Gasteiger partial charge in [-0.1, -0.05) is 0 Å². The van der Waals surface area contributed by atoms with E-state index in [0.29, 0.717) is 19.0 Å². The van der Waals surface area contributed by atoms with E-state index in [1.807, 2.05) is 6.92 Å². The molecule has 0 aliphatic rings.